The van der Waals surface area contributed by atoms with Gasteiger partial charge >= 0.3 is 0 Å². The molecule has 0 aromatic heterocycles. The molecule has 0 amide bonds. The van der Waals surface area contributed by atoms with Crippen molar-refractivity contribution in [3.63, 3.8) is 0 Å². The molecule has 2 atom stereocenters. The van der Waals surface area contributed by atoms with Crippen molar-refractivity contribution in [2.75, 3.05) is 17.3 Å². The van der Waals surface area contributed by atoms with Gasteiger partial charge in [-0.25, -0.2) is 8.42 Å². The summed E-state index contributed by atoms with van der Waals surface area (Å²) < 4.78 is 22.7. The average molecular weight is 285 g/mol. The smallest absolute Gasteiger partial charge is 0.175 e. The molecule has 0 spiro atoms. The normalized spacial score (nSPS) is 24.8. The fraction of sp³-hybridized carbons (Fsp3) is 0.538. The van der Waals surface area contributed by atoms with Crippen molar-refractivity contribution in [1.29, 1.82) is 0 Å². The summed E-state index contributed by atoms with van der Waals surface area (Å²) in [5.74, 6) is 1.24. The topological polar surface area (TPSA) is 46.2 Å². The maximum atomic E-state index is 11.4. The number of anilines is 1. The first kappa shape index (κ1) is 13.7. The summed E-state index contributed by atoms with van der Waals surface area (Å²) in [4.78, 5) is 0.374. The molecule has 1 heterocycles. The van der Waals surface area contributed by atoms with Crippen molar-refractivity contribution < 1.29 is 8.42 Å². The number of hydrogen-bond acceptors (Lipinski definition) is 4. The van der Waals surface area contributed by atoms with E-state index in [1.54, 1.807) is 12.1 Å². The molecular formula is C13H19NO2S2. The van der Waals surface area contributed by atoms with E-state index in [2.05, 4.69) is 12.2 Å². The van der Waals surface area contributed by atoms with Gasteiger partial charge in [0.2, 0.25) is 0 Å². The highest BCUT2D eigenvalue weighted by Gasteiger charge is 2.21. The molecule has 1 saturated heterocycles. The molecule has 18 heavy (non-hydrogen) atoms. The Morgan fingerprint density at radius 1 is 1.28 bits per heavy atom. The van der Waals surface area contributed by atoms with Crippen LogP contribution in [0.2, 0.25) is 0 Å². The Hall–Kier alpha value is -0.680. The lowest BCUT2D eigenvalue weighted by Gasteiger charge is -2.30. The zero-order valence-electron chi connectivity index (χ0n) is 10.7. The monoisotopic (exact) mass is 285 g/mol. The molecule has 2 rings (SSSR count). The van der Waals surface area contributed by atoms with Gasteiger partial charge in [-0.15, -0.1) is 0 Å². The zero-order chi connectivity index (χ0) is 13.2. The van der Waals surface area contributed by atoms with E-state index in [1.807, 2.05) is 23.9 Å². The lowest BCUT2D eigenvalue weighted by molar-refractivity contribution is 0.602. The van der Waals surface area contributed by atoms with Gasteiger partial charge in [0.15, 0.2) is 9.84 Å². The number of benzene rings is 1. The lowest BCUT2D eigenvalue weighted by Crippen LogP contribution is -2.32. The number of hydrogen-bond donors (Lipinski definition) is 1. The van der Waals surface area contributed by atoms with E-state index in [-0.39, 0.29) is 0 Å². The van der Waals surface area contributed by atoms with Crippen LogP contribution in [0.4, 0.5) is 5.69 Å². The molecule has 1 N–H and O–H groups in total. The predicted octanol–water partition coefficient (Wildman–Crippen LogP) is 2.79. The highest BCUT2D eigenvalue weighted by atomic mass is 32.2. The lowest BCUT2D eigenvalue weighted by atomic mass is 10.1. The van der Waals surface area contributed by atoms with Crippen LogP contribution in [0, 0.1) is 0 Å². The van der Waals surface area contributed by atoms with Crippen LogP contribution < -0.4 is 5.32 Å². The number of thioether (sulfide) groups is 1. The number of nitrogens with one attached hydrogen (secondary N) is 1. The van der Waals surface area contributed by atoms with E-state index < -0.39 is 9.84 Å². The Morgan fingerprint density at radius 3 is 2.50 bits per heavy atom. The minimum atomic E-state index is -3.10. The molecule has 2 unspecified atom stereocenters. The third-order valence-electron chi connectivity index (χ3n) is 3.24. The van der Waals surface area contributed by atoms with Crippen molar-refractivity contribution in [2.45, 2.75) is 36.0 Å². The Labute approximate surface area is 113 Å². The standard InChI is InChI=1S/C13H19NO2S2/c1-10-13(4-3-9-17-10)14-11-5-7-12(8-6-11)18(2,15)16/h5-8,10,13-14H,3-4,9H2,1-2H3. The van der Waals surface area contributed by atoms with Gasteiger partial charge in [0, 0.05) is 23.2 Å². The van der Waals surface area contributed by atoms with Gasteiger partial charge < -0.3 is 5.32 Å². The van der Waals surface area contributed by atoms with Gasteiger partial charge in [-0.05, 0) is 42.9 Å². The molecule has 1 aromatic carbocycles. The van der Waals surface area contributed by atoms with Crippen LogP contribution in [0.3, 0.4) is 0 Å². The summed E-state index contributed by atoms with van der Waals surface area (Å²) in [5, 5.41) is 4.10. The van der Waals surface area contributed by atoms with E-state index in [0.29, 0.717) is 16.2 Å². The van der Waals surface area contributed by atoms with Crippen LogP contribution in [0.25, 0.3) is 0 Å². The van der Waals surface area contributed by atoms with Crippen molar-refractivity contribution in [1.82, 2.24) is 0 Å². The molecule has 1 fully saturated rings. The summed E-state index contributed by atoms with van der Waals surface area (Å²) in [6, 6.07) is 7.51. The third-order valence-corrected chi connectivity index (χ3v) is 5.75. The quantitative estimate of drug-likeness (QED) is 0.927. The highest BCUT2D eigenvalue weighted by molar-refractivity contribution is 8.00. The SMILES string of the molecule is CC1SCCCC1Nc1ccc(S(C)(=O)=O)cc1. The Bertz CT molecular complexity index is 496. The molecule has 0 radical (unpaired) electrons. The first-order valence-corrected chi connectivity index (χ1v) is 9.09. The minimum absolute atomic E-state index is 0.374. The second-order valence-corrected chi connectivity index (χ2v) is 8.27. The van der Waals surface area contributed by atoms with Crippen LogP contribution in [0.5, 0.6) is 0 Å². The van der Waals surface area contributed by atoms with E-state index in [0.717, 1.165) is 5.69 Å². The van der Waals surface area contributed by atoms with Gasteiger partial charge in [-0.3, -0.25) is 0 Å². The van der Waals surface area contributed by atoms with Gasteiger partial charge in [0.25, 0.3) is 0 Å². The maximum Gasteiger partial charge on any atom is 0.175 e. The fourth-order valence-corrected chi connectivity index (χ4v) is 3.90. The summed E-state index contributed by atoms with van der Waals surface area (Å²) in [6.07, 6.45) is 3.66. The van der Waals surface area contributed by atoms with Gasteiger partial charge in [-0.2, -0.15) is 11.8 Å². The van der Waals surface area contributed by atoms with Gasteiger partial charge in [-0.1, -0.05) is 6.92 Å². The van der Waals surface area contributed by atoms with Crippen molar-refractivity contribution in [3.05, 3.63) is 24.3 Å². The van der Waals surface area contributed by atoms with Crippen LogP contribution in [-0.2, 0) is 9.84 Å². The number of rotatable bonds is 3. The van der Waals surface area contributed by atoms with Crippen molar-refractivity contribution >= 4 is 27.3 Å². The molecule has 1 aromatic rings. The van der Waals surface area contributed by atoms with Crippen molar-refractivity contribution in [2.24, 2.45) is 0 Å². The van der Waals surface area contributed by atoms with Crippen molar-refractivity contribution in [3.8, 4) is 0 Å². The summed E-state index contributed by atoms with van der Waals surface area (Å²) >= 11 is 1.99. The molecule has 5 heteroatoms. The fourth-order valence-electron chi connectivity index (χ4n) is 2.13. The van der Waals surface area contributed by atoms with Crippen LogP contribution in [0.1, 0.15) is 19.8 Å². The molecule has 100 valence electrons. The summed E-state index contributed by atoms with van der Waals surface area (Å²) in [5.41, 5.74) is 1.00. The molecule has 3 nitrogen and oxygen atoms in total. The summed E-state index contributed by atoms with van der Waals surface area (Å²) in [7, 11) is -3.10. The molecule has 1 aliphatic rings. The van der Waals surface area contributed by atoms with E-state index in [9.17, 15) is 8.42 Å². The molecule has 1 aliphatic heterocycles. The highest BCUT2D eigenvalue weighted by Crippen LogP contribution is 2.27. The van der Waals surface area contributed by atoms with E-state index in [1.165, 1.54) is 24.9 Å². The first-order valence-electron chi connectivity index (χ1n) is 6.15. The Morgan fingerprint density at radius 2 is 1.94 bits per heavy atom. The second kappa shape index (κ2) is 5.53. The first-order chi connectivity index (χ1) is 8.47. The maximum absolute atomic E-state index is 11.4. The average Bonchev–Trinajstić information content (AvgIpc) is 2.32. The third kappa shape index (κ3) is 3.42. The molecule has 0 saturated carbocycles. The van der Waals surface area contributed by atoms with Gasteiger partial charge in [0.1, 0.15) is 0 Å². The predicted molar refractivity (Wildman–Crippen MR) is 78.1 cm³/mol. The number of sulfone groups is 1. The van der Waals surface area contributed by atoms with Gasteiger partial charge in [0.05, 0.1) is 4.90 Å². The zero-order valence-corrected chi connectivity index (χ0v) is 12.4. The Kier molecular flexibility index (Phi) is 4.22. The second-order valence-electron chi connectivity index (χ2n) is 4.77. The Balaban J connectivity index is 2.06. The largest absolute Gasteiger partial charge is 0.381 e. The summed E-state index contributed by atoms with van der Waals surface area (Å²) in [6.45, 7) is 2.24. The van der Waals surface area contributed by atoms with E-state index >= 15 is 0 Å². The van der Waals surface area contributed by atoms with Crippen LogP contribution >= 0.6 is 11.8 Å². The van der Waals surface area contributed by atoms with E-state index in [4.69, 9.17) is 0 Å². The minimum Gasteiger partial charge on any atom is -0.381 e. The molecular weight excluding hydrogens is 266 g/mol. The molecule has 0 bridgehead atoms. The van der Waals surface area contributed by atoms with Crippen LogP contribution in [-0.4, -0.2) is 31.7 Å². The molecule has 0 aliphatic carbocycles. The van der Waals surface area contributed by atoms with Crippen LogP contribution in [0.15, 0.2) is 29.2 Å².